The molecule has 6 aliphatic carbocycles. The Morgan fingerprint density at radius 2 is 1.07 bits per heavy atom. The van der Waals surface area contributed by atoms with Crippen molar-refractivity contribution in [3.05, 3.63) is 46.8 Å². The molecule has 0 unspecified atom stereocenters. The minimum atomic E-state index is 0.433. The summed E-state index contributed by atoms with van der Waals surface area (Å²) in [5.41, 5.74) is 8.68. The summed E-state index contributed by atoms with van der Waals surface area (Å²) in [4.78, 5) is 10.4. The zero-order valence-electron chi connectivity index (χ0n) is 18.1. The van der Waals surface area contributed by atoms with E-state index in [1.54, 1.807) is 0 Å². The molecule has 6 atom stereocenters. The van der Waals surface area contributed by atoms with Crippen molar-refractivity contribution in [2.75, 3.05) is 0 Å². The van der Waals surface area contributed by atoms with Gasteiger partial charge < -0.3 is 0 Å². The zero-order chi connectivity index (χ0) is 19.6. The Labute approximate surface area is 169 Å². The van der Waals surface area contributed by atoms with Crippen molar-refractivity contribution in [2.24, 2.45) is 22.7 Å². The second-order valence-corrected chi connectivity index (χ2v) is 11.4. The molecule has 2 saturated carbocycles. The van der Waals surface area contributed by atoms with Crippen LogP contribution >= 0.6 is 0 Å². The topological polar surface area (TPSA) is 25.8 Å². The molecule has 2 heteroatoms. The van der Waals surface area contributed by atoms with Gasteiger partial charge in [-0.1, -0.05) is 53.7 Å². The van der Waals surface area contributed by atoms with E-state index >= 15 is 0 Å². The van der Waals surface area contributed by atoms with Crippen molar-refractivity contribution in [2.45, 2.75) is 78.1 Å². The number of aromatic nitrogens is 2. The van der Waals surface area contributed by atoms with Crippen LogP contribution in [0.3, 0.4) is 0 Å². The molecule has 0 amide bonds. The molecule has 2 aromatic rings. The van der Waals surface area contributed by atoms with Gasteiger partial charge in [0.05, 0.1) is 11.4 Å². The summed E-state index contributed by atoms with van der Waals surface area (Å²) in [5, 5.41) is 0. The Kier molecular flexibility index (Phi) is 3.11. The maximum Gasteiger partial charge on any atom is 0.0889 e. The Morgan fingerprint density at radius 1 is 0.679 bits per heavy atom. The lowest BCUT2D eigenvalue weighted by Gasteiger charge is -2.59. The van der Waals surface area contributed by atoms with Gasteiger partial charge in [-0.2, -0.15) is 0 Å². The number of pyridine rings is 2. The van der Waals surface area contributed by atoms with Crippen LogP contribution in [0.15, 0.2) is 24.3 Å². The predicted molar refractivity (Wildman–Crippen MR) is 114 cm³/mol. The summed E-state index contributed by atoms with van der Waals surface area (Å²) in [6, 6.07) is 9.18. The van der Waals surface area contributed by atoms with E-state index in [1.807, 2.05) is 0 Å². The lowest BCUT2D eigenvalue weighted by Crippen LogP contribution is -2.50. The van der Waals surface area contributed by atoms with Gasteiger partial charge in [0.15, 0.2) is 0 Å². The third-order valence-corrected chi connectivity index (χ3v) is 9.68. The van der Waals surface area contributed by atoms with Crippen LogP contribution in [0, 0.1) is 22.7 Å². The van der Waals surface area contributed by atoms with E-state index in [2.05, 4.69) is 65.8 Å². The SMILES string of the molecule is C[C@H]1c2nc(-c3ccc4c(n3)[C@H](C)[C@H]3C[C@@H]4C3(C)C)ccc2[C@@H]2C[C@H]1C2(C)C. The highest BCUT2D eigenvalue weighted by atomic mass is 14.8. The Hall–Kier alpha value is -1.70. The van der Waals surface area contributed by atoms with Gasteiger partial charge in [-0.25, -0.2) is 0 Å². The summed E-state index contributed by atoms with van der Waals surface area (Å²) in [5.74, 6) is 4.05. The molecule has 28 heavy (non-hydrogen) atoms. The van der Waals surface area contributed by atoms with Crippen LogP contribution in [0.25, 0.3) is 11.4 Å². The first-order valence-electron chi connectivity index (χ1n) is 11.2. The van der Waals surface area contributed by atoms with Crippen molar-refractivity contribution >= 4 is 0 Å². The molecular formula is C26H32N2. The van der Waals surface area contributed by atoms with Crippen molar-refractivity contribution in [3.8, 4) is 11.4 Å². The molecule has 0 radical (unpaired) electrons. The minimum Gasteiger partial charge on any atom is -0.251 e. The van der Waals surface area contributed by atoms with Gasteiger partial charge in [0, 0.05) is 23.2 Å². The van der Waals surface area contributed by atoms with Gasteiger partial charge in [-0.3, -0.25) is 9.97 Å². The smallest absolute Gasteiger partial charge is 0.0889 e. The highest BCUT2D eigenvalue weighted by molar-refractivity contribution is 5.58. The Morgan fingerprint density at radius 3 is 1.43 bits per heavy atom. The van der Waals surface area contributed by atoms with E-state index < -0.39 is 0 Å². The molecule has 0 spiro atoms. The lowest BCUT2D eigenvalue weighted by atomic mass is 9.45. The van der Waals surface area contributed by atoms with Crippen LogP contribution in [0.4, 0.5) is 0 Å². The highest BCUT2D eigenvalue weighted by Gasteiger charge is 2.57. The quantitative estimate of drug-likeness (QED) is 0.561. The predicted octanol–water partition coefficient (Wildman–Crippen LogP) is 6.64. The number of hydrogen-bond donors (Lipinski definition) is 0. The molecule has 2 nitrogen and oxygen atoms in total. The van der Waals surface area contributed by atoms with E-state index in [-0.39, 0.29) is 0 Å². The third kappa shape index (κ3) is 1.86. The fraction of sp³-hybridized carbons (Fsp3) is 0.615. The molecule has 2 fully saturated rings. The normalized spacial score (nSPS) is 37.9. The Balaban J connectivity index is 1.41. The van der Waals surface area contributed by atoms with Crippen molar-refractivity contribution < 1.29 is 0 Å². The zero-order valence-corrected chi connectivity index (χ0v) is 18.1. The van der Waals surface area contributed by atoms with Crippen molar-refractivity contribution in [3.63, 3.8) is 0 Å². The molecule has 6 aliphatic rings. The molecule has 4 bridgehead atoms. The second kappa shape index (κ2) is 5.07. The maximum absolute atomic E-state index is 5.18. The first-order valence-corrected chi connectivity index (χ1v) is 11.2. The van der Waals surface area contributed by atoms with Gasteiger partial charge in [0.1, 0.15) is 0 Å². The number of nitrogens with zero attached hydrogens (tertiary/aromatic N) is 2. The first kappa shape index (κ1) is 17.2. The molecule has 146 valence electrons. The van der Waals surface area contributed by atoms with Crippen molar-refractivity contribution in [1.29, 1.82) is 0 Å². The van der Waals surface area contributed by atoms with E-state index in [9.17, 15) is 0 Å². The van der Waals surface area contributed by atoms with Crippen LogP contribution < -0.4 is 0 Å². The van der Waals surface area contributed by atoms with Crippen LogP contribution in [-0.2, 0) is 0 Å². The maximum atomic E-state index is 5.18. The molecule has 0 aromatic carbocycles. The molecule has 2 aromatic heterocycles. The number of hydrogen-bond acceptors (Lipinski definition) is 2. The average Bonchev–Trinajstić information content (AvgIpc) is 2.66. The molecule has 0 aliphatic heterocycles. The van der Waals surface area contributed by atoms with Crippen LogP contribution in [0.2, 0.25) is 0 Å². The van der Waals surface area contributed by atoms with E-state index in [4.69, 9.17) is 9.97 Å². The van der Waals surface area contributed by atoms with Crippen LogP contribution in [0.1, 0.15) is 101 Å². The largest absolute Gasteiger partial charge is 0.251 e. The van der Waals surface area contributed by atoms with Gasteiger partial charge >= 0.3 is 0 Å². The van der Waals surface area contributed by atoms with Gasteiger partial charge in [0.25, 0.3) is 0 Å². The monoisotopic (exact) mass is 372 g/mol. The van der Waals surface area contributed by atoms with Crippen molar-refractivity contribution in [1.82, 2.24) is 9.97 Å². The molecule has 8 rings (SSSR count). The van der Waals surface area contributed by atoms with Gasteiger partial charge in [0.2, 0.25) is 0 Å². The summed E-state index contributed by atoms with van der Waals surface area (Å²) >= 11 is 0. The average molecular weight is 373 g/mol. The standard InChI is InChI=1S/C26H32N2/c1-13-17-11-19(25(17,3)4)15-7-9-21(27-23(13)15)22-10-8-16-20-12-18(26(20,5)6)14(2)24(16)28-22/h7-10,13-14,17-20H,11-12H2,1-6H3/t13-,14-,17-,18-,19+,20+/m1/s1. The van der Waals surface area contributed by atoms with Gasteiger partial charge in [-0.05, 0) is 70.6 Å². The summed E-state index contributed by atoms with van der Waals surface area (Å²) in [6.45, 7) is 14.5. The Bertz CT molecular complexity index is 920. The third-order valence-electron chi connectivity index (χ3n) is 9.68. The molecule has 0 saturated heterocycles. The van der Waals surface area contributed by atoms with E-state index in [0.29, 0.717) is 34.5 Å². The summed E-state index contributed by atoms with van der Waals surface area (Å²) in [6.07, 6.45) is 2.69. The fourth-order valence-corrected chi connectivity index (χ4v) is 7.63. The summed E-state index contributed by atoms with van der Waals surface area (Å²) in [7, 11) is 0. The lowest BCUT2D eigenvalue weighted by molar-refractivity contribution is -0.00295. The summed E-state index contributed by atoms with van der Waals surface area (Å²) < 4.78 is 0. The first-order chi connectivity index (χ1) is 13.2. The van der Waals surface area contributed by atoms with E-state index in [0.717, 1.165) is 23.2 Å². The van der Waals surface area contributed by atoms with Gasteiger partial charge in [-0.15, -0.1) is 0 Å². The van der Waals surface area contributed by atoms with E-state index in [1.165, 1.54) is 35.4 Å². The fourth-order valence-electron chi connectivity index (χ4n) is 7.63. The minimum absolute atomic E-state index is 0.433. The molecule has 2 heterocycles. The number of rotatable bonds is 1. The highest BCUT2D eigenvalue weighted by Crippen LogP contribution is 2.67. The van der Waals surface area contributed by atoms with Crippen LogP contribution in [-0.4, -0.2) is 9.97 Å². The molecular weight excluding hydrogens is 340 g/mol. The van der Waals surface area contributed by atoms with Crippen LogP contribution in [0.5, 0.6) is 0 Å². The second-order valence-electron chi connectivity index (χ2n) is 11.4. The molecule has 0 N–H and O–H groups in total.